The van der Waals surface area contributed by atoms with E-state index in [0.29, 0.717) is 25.4 Å². The van der Waals surface area contributed by atoms with Crippen molar-refractivity contribution in [2.75, 3.05) is 13.7 Å². The van der Waals surface area contributed by atoms with Crippen molar-refractivity contribution < 1.29 is 9.13 Å². The summed E-state index contributed by atoms with van der Waals surface area (Å²) in [5, 5.41) is 2.96. The van der Waals surface area contributed by atoms with Gasteiger partial charge in [0.1, 0.15) is 18.2 Å². The summed E-state index contributed by atoms with van der Waals surface area (Å²) in [5.74, 6) is 0.142. The van der Waals surface area contributed by atoms with Crippen LogP contribution >= 0.6 is 0 Å². The number of aromatic nitrogens is 1. The Morgan fingerprint density at radius 2 is 2.15 bits per heavy atom. The van der Waals surface area contributed by atoms with Gasteiger partial charge < -0.3 is 14.6 Å². The maximum atomic E-state index is 13.4. The van der Waals surface area contributed by atoms with Gasteiger partial charge in [-0.25, -0.2) is 4.39 Å². The lowest BCUT2D eigenvalue weighted by Crippen LogP contribution is -2.21. The maximum Gasteiger partial charge on any atom is 0.250 e. The molecular weight excluding hydrogens is 259 g/mol. The highest BCUT2D eigenvalue weighted by Gasteiger charge is 2.02. The van der Waals surface area contributed by atoms with Crippen LogP contribution in [0.4, 0.5) is 4.39 Å². The van der Waals surface area contributed by atoms with Crippen LogP contribution in [0, 0.1) is 5.82 Å². The Labute approximate surface area is 116 Å². The summed E-state index contributed by atoms with van der Waals surface area (Å²) in [5.41, 5.74) is 0.741. The molecule has 4 nitrogen and oxygen atoms in total. The molecule has 0 fully saturated rings. The summed E-state index contributed by atoms with van der Waals surface area (Å²) < 4.78 is 20.5. The topological polar surface area (TPSA) is 43.3 Å². The van der Waals surface area contributed by atoms with E-state index in [9.17, 15) is 9.18 Å². The van der Waals surface area contributed by atoms with E-state index in [0.717, 1.165) is 5.56 Å². The van der Waals surface area contributed by atoms with Gasteiger partial charge in [0.25, 0.3) is 5.56 Å². The Kier molecular flexibility index (Phi) is 4.90. The molecular formula is C15H17FN2O2. The molecule has 1 aromatic carbocycles. The molecule has 0 bridgehead atoms. The lowest BCUT2D eigenvalue weighted by molar-refractivity contribution is 0.294. The van der Waals surface area contributed by atoms with Gasteiger partial charge in [0.05, 0.1) is 6.54 Å². The fourth-order valence-electron chi connectivity index (χ4n) is 1.92. The van der Waals surface area contributed by atoms with Gasteiger partial charge >= 0.3 is 0 Å². The second kappa shape index (κ2) is 6.86. The van der Waals surface area contributed by atoms with Gasteiger partial charge in [-0.1, -0.05) is 6.07 Å². The fraction of sp³-hybridized carbons (Fsp3) is 0.267. The van der Waals surface area contributed by atoms with Crippen LogP contribution < -0.4 is 15.6 Å². The summed E-state index contributed by atoms with van der Waals surface area (Å²) in [6.07, 6.45) is 1.70. The molecule has 0 saturated heterocycles. The van der Waals surface area contributed by atoms with Crippen LogP contribution in [0.1, 0.15) is 5.56 Å². The number of rotatable bonds is 6. The largest absolute Gasteiger partial charge is 0.492 e. The number of pyridine rings is 1. The van der Waals surface area contributed by atoms with Gasteiger partial charge in [-0.05, 0) is 30.8 Å². The monoisotopic (exact) mass is 276 g/mol. The third-order valence-electron chi connectivity index (χ3n) is 2.81. The summed E-state index contributed by atoms with van der Waals surface area (Å²) in [4.78, 5) is 11.5. The van der Waals surface area contributed by atoms with E-state index in [-0.39, 0.29) is 11.4 Å². The van der Waals surface area contributed by atoms with E-state index in [1.807, 2.05) is 0 Å². The predicted molar refractivity (Wildman–Crippen MR) is 75.4 cm³/mol. The molecule has 1 N–H and O–H groups in total. The number of nitrogens with zero attached hydrogens (tertiary/aromatic N) is 1. The normalized spacial score (nSPS) is 10.5. The van der Waals surface area contributed by atoms with Crippen LogP contribution in [0.15, 0.2) is 47.4 Å². The van der Waals surface area contributed by atoms with E-state index in [1.165, 1.54) is 18.2 Å². The van der Waals surface area contributed by atoms with E-state index < -0.39 is 0 Å². The average Bonchev–Trinajstić information content (AvgIpc) is 2.41. The molecule has 106 valence electrons. The molecule has 1 heterocycles. The molecule has 0 aliphatic heterocycles. The minimum Gasteiger partial charge on any atom is -0.492 e. The SMILES string of the molecule is CNCc1cc(F)cc(OCCn2ccccc2=O)c1. The lowest BCUT2D eigenvalue weighted by atomic mass is 10.2. The molecule has 0 unspecified atom stereocenters. The zero-order chi connectivity index (χ0) is 14.4. The molecule has 2 aromatic rings. The summed E-state index contributed by atoms with van der Waals surface area (Å²) in [6, 6.07) is 9.56. The molecule has 0 aliphatic rings. The van der Waals surface area contributed by atoms with E-state index in [4.69, 9.17) is 4.74 Å². The molecule has 2 rings (SSSR count). The number of hydrogen-bond donors (Lipinski definition) is 1. The van der Waals surface area contributed by atoms with Crippen molar-refractivity contribution in [1.82, 2.24) is 9.88 Å². The van der Waals surface area contributed by atoms with E-state index >= 15 is 0 Å². The number of benzene rings is 1. The molecule has 0 radical (unpaired) electrons. The third kappa shape index (κ3) is 3.93. The Morgan fingerprint density at radius 1 is 1.30 bits per heavy atom. The Hall–Kier alpha value is -2.14. The minimum absolute atomic E-state index is 0.0776. The molecule has 0 atom stereocenters. The van der Waals surface area contributed by atoms with Crippen molar-refractivity contribution in [3.63, 3.8) is 0 Å². The first-order valence-electron chi connectivity index (χ1n) is 6.41. The van der Waals surface area contributed by atoms with Crippen molar-refractivity contribution in [3.05, 3.63) is 64.3 Å². The first-order chi connectivity index (χ1) is 9.69. The minimum atomic E-state index is -0.329. The number of halogens is 1. The van der Waals surface area contributed by atoms with Gasteiger partial charge in [-0.3, -0.25) is 4.79 Å². The van der Waals surface area contributed by atoms with Crippen LogP contribution in [-0.2, 0) is 13.1 Å². The number of hydrogen-bond acceptors (Lipinski definition) is 3. The van der Waals surface area contributed by atoms with Gasteiger partial charge in [0.2, 0.25) is 0 Å². The first kappa shape index (κ1) is 14.3. The standard InChI is InChI=1S/C15H17FN2O2/c1-17-11-12-8-13(16)10-14(9-12)20-7-6-18-5-3-2-4-15(18)19/h2-5,8-10,17H,6-7,11H2,1H3. The number of nitrogens with one attached hydrogen (secondary N) is 1. The molecule has 20 heavy (non-hydrogen) atoms. The molecule has 0 saturated carbocycles. The average molecular weight is 276 g/mol. The van der Waals surface area contributed by atoms with Crippen molar-refractivity contribution in [1.29, 1.82) is 0 Å². The van der Waals surface area contributed by atoms with Crippen LogP contribution in [0.2, 0.25) is 0 Å². The second-order valence-corrected chi connectivity index (χ2v) is 4.41. The van der Waals surface area contributed by atoms with Crippen molar-refractivity contribution >= 4 is 0 Å². The highest BCUT2D eigenvalue weighted by Crippen LogP contribution is 2.16. The summed E-state index contributed by atoms with van der Waals surface area (Å²) >= 11 is 0. The number of ether oxygens (including phenoxy) is 1. The first-order valence-corrected chi connectivity index (χ1v) is 6.41. The van der Waals surface area contributed by atoms with E-state index in [1.54, 1.807) is 36.0 Å². The van der Waals surface area contributed by atoms with Gasteiger partial charge in [0, 0.05) is 24.9 Å². The molecule has 0 aliphatic carbocycles. The second-order valence-electron chi connectivity index (χ2n) is 4.41. The van der Waals surface area contributed by atoms with Crippen LogP contribution in [0.25, 0.3) is 0 Å². The third-order valence-corrected chi connectivity index (χ3v) is 2.81. The highest BCUT2D eigenvalue weighted by atomic mass is 19.1. The van der Waals surface area contributed by atoms with Gasteiger partial charge in [-0.15, -0.1) is 0 Å². The van der Waals surface area contributed by atoms with Gasteiger partial charge in [-0.2, -0.15) is 0 Å². The van der Waals surface area contributed by atoms with Crippen molar-refractivity contribution in [2.45, 2.75) is 13.1 Å². The Bertz CT molecular complexity index is 625. The van der Waals surface area contributed by atoms with Crippen LogP contribution in [0.5, 0.6) is 5.75 Å². The highest BCUT2D eigenvalue weighted by molar-refractivity contribution is 5.29. The Balaban J connectivity index is 1.97. The van der Waals surface area contributed by atoms with Gasteiger partial charge in [0.15, 0.2) is 0 Å². The molecule has 0 spiro atoms. The smallest absolute Gasteiger partial charge is 0.250 e. The fourth-order valence-corrected chi connectivity index (χ4v) is 1.92. The lowest BCUT2D eigenvalue weighted by Gasteiger charge is -2.09. The maximum absolute atomic E-state index is 13.4. The zero-order valence-corrected chi connectivity index (χ0v) is 11.3. The Morgan fingerprint density at radius 3 is 2.90 bits per heavy atom. The summed E-state index contributed by atoms with van der Waals surface area (Å²) in [7, 11) is 1.80. The summed E-state index contributed by atoms with van der Waals surface area (Å²) in [6.45, 7) is 1.32. The van der Waals surface area contributed by atoms with Crippen LogP contribution in [-0.4, -0.2) is 18.2 Å². The van der Waals surface area contributed by atoms with Crippen LogP contribution in [0.3, 0.4) is 0 Å². The molecule has 0 amide bonds. The zero-order valence-electron chi connectivity index (χ0n) is 11.3. The van der Waals surface area contributed by atoms with Crippen molar-refractivity contribution in [2.24, 2.45) is 0 Å². The van der Waals surface area contributed by atoms with E-state index in [2.05, 4.69) is 5.32 Å². The molecule has 1 aromatic heterocycles. The predicted octanol–water partition coefficient (Wildman–Crippen LogP) is 1.79. The van der Waals surface area contributed by atoms with Crippen molar-refractivity contribution in [3.8, 4) is 5.75 Å². The molecule has 5 heteroatoms. The quantitative estimate of drug-likeness (QED) is 0.874.